The third-order valence-electron chi connectivity index (χ3n) is 12.7. The molecule has 0 aromatic heterocycles. The van der Waals surface area contributed by atoms with Crippen molar-refractivity contribution in [3.8, 4) is 0 Å². The number of aliphatic hydroxyl groups excluding tert-OH is 3. The van der Waals surface area contributed by atoms with Crippen LogP contribution in [0.4, 0.5) is 0 Å². The first-order valence-corrected chi connectivity index (χ1v) is 18.1. The van der Waals surface area contributed by atoms with E-state index in [9.17, 15) is 30.0 Å². The van der Waals surface area contributed by atoms with Crippen LogP contribution < -0.4 is 0 Å². The molecule has 0 aliphatic heterocycles. The lowest BCUT2D eigenvalue weighted by Gasteiger charge is -2.51. The van der Waals surface area contributed by atoms with E-state index in [4.69, 9.17) is 9.47 Å². The van der Waals surface area contributed by atoms with E-state index >= 15 is 0 Å². The summed E-state index contributed by atoms with van der Waals surface area (Å²) >= 11 is 0. The number of ether oxygens (including phenoxy) is 2. The summed E-state index contributed by atoms with van der Waals surface area (Å²) in [6.07, 6.45) is 10.3. The number of esters is 2. The van der Waals surface area contributed by atoms with E-state index in [1.807, 2.05) is 20.8 Å². The Morgan fingerprint density at radius 3 is 2.13 bits per heavy atom. The zero-order chi connectivity index (χ0) is 34.2. The van der Waals surface area contributed by atoms with Crippen molar-refractivity contribution in [1.29, 1.82) is 0 Å². The van der Waals surface area contributed by atoms with Gasteiger partial charge in [-0.2, -0.15) is 0 Å². The maximum atomic E-state index is 13.4. The number of hydrogen-bond acceptors (Lipinski definition) is 8. The molecule has 0 amide bonds. The Labute approximate surface area is 277 Å². The average molecular weight is 647 g/mol. The second kappa shape index (κ2) is 14.0. The van der Waals surface area contributed by atoms with E-state index < -0.39 is 58.1 Å². The molecule has 8 nitrogen and oxygen atoms in total. The molecular weight excluding hydrogens is 584 g/mol. The van der Waals surface area contributed by atoms with Gasteiger partial charge in [0.25, 0.3) is 0 Å². The molecule has 1 spiro atoms. The number of fused-ring (bicyclic) bond motifs is 3. The fourth-order valence-corrected chi connectivity index (χ4v) is 9.42. The topological polar surface area (TPSA) is 134 Å². The highest BCUT2D eigenvalue weighted by molar-refractivity contribution is 5.72. The summed E-state index contributed by atoms with van der Waals surface area (Å²) in [5, 5.41) is 48.0. The highest BCUT2D eigenvalue weighted by Gasteiger charge is 2.83. The Kier molecular flexibility index (Phi) is 11.3. The van der Waals surface area contributed by atoms with Crippen LogP contribution in [0.1, 0.15) is 126 Å². The van der Waals surface area contributed by atoms with Crippen molar-refractivity contribution < 1.29 is 39.5 Å². The van der Waals surface area contributed by atoms with Crippen molar-refractivity contribution in [3.63, 3.8) is 0 Å². The molecule has 0 saturated heterocycles. The molecule has 262 valence electrons. The number of unbranched alkanes of at least 4 members (excludes halogenated alkanes) is 8. The van der Waals surface area contributed by atoms with Crippen LogP contribution in [-0.4, -0.2) is 68.5 Å². The van der Waals surface area contributed by atoms with Gasteiger partial charge in [0.2, 0.25) is 0 Å². The molecule has 2 saturated carbocycles. The van der Waals surface area contributed by atoms with Gasteiger partial charge in [0.1, 0.15) is 30.0 Å². The van der Waals surface area contributed by atoms with Crippen LogP contribution in [0.2, 0.25) is 0 Å². The SMILES string of the molecule is CCCCCCCCCCCC(=O)O[C@@]12C[C@@H](C)[C@]34C=C(C)[C@H](O)[C@@]3(O)[C@H](O)C(COC(=O)C(C)C(C)C)=C[C@H](C4O)[C@@H]1C2(C)C. The van der Waals surface area contributed by atoms with Crippen molar-refractivity contribution in [3.05, 3.63) is 23.3 Å². The van der Waals surface area contributed by atoms with Gasteiger partial charge in [0.15, 0.2) is 0 Å². The summed E-state index contributed by atoms with van der Waals surface area (Å²) in [5.74, 6) is -2.38. The molecular formula is C38H62O8. The predicted octanol–water partition coefficient (Wildman–Crippen LogP) is 6.04. The van der Waals surface area contributed by atoms with Crippen molar-refractivity contribution in [1.82, 2.24) is 0 Å². The van der Waals surface area contributed by atoms with Crippen molar-refractivity contribution >= 4 is 11.9 Å². The molecule has 4 aliphatic carbocycles. The first-order valence-electron chi connectivity index (χ1n) is 18.1. The third-order valence-corrected chi connectivity index (χ3v) is 12.7. The van der Waals surface area contributed by atoms with Crippen molar-refractivity contribution in [2.24, 2.45) is 40.4 Å². The quantitative estimate of drug-likeness (QED) is 0.0962. The summed E-state index contributed by atoms with van der Waals surface area (Å²) in [5.41, 5.74) is -4.27. The van der Waals surface area contributed by atoms with Gasteiger partial charge in [-0.15, -0.1) is 0 Å². The van der Waals surface area contributed by atoms with E-state index in [2.05, 4.69) is 20.8 Å². The first-order chi connectivity index (χ1) is 21.5. The Morgan fingerprint density at radius 2 is 1.54 bits per heavy atom. The number of hydrogen-bond donors (Lipinski definition) is 4. The smallest absolute Gasteiger partial charge is 0.309 e. The zero-order valence-corrected chi connectivity index (χ0v) is 29.7. The van der Waals surface area contributed by atoms with Gasteiger partial charge in [-0.3, -0.25) is 9.59 Å². The highest BCUT2D eigenvalue weighted by Crippen LogP contribution is 2.76. The fraction of sp³-hybridized carbons (Fsp3) is 0.842. The largest absolute Gasteiger partial charge is 0.461 e. The zero-order valence-electron chi connectivity index (χ0n) is 29.7. The maximum Gasteiger partial charge on any atom is 0.309 e. The molecule has 46 heavy (non-hydrogen) atoms. The van der Waals surface area contributed by atoms with E-state index in [-0.39, 0.29) is 35.9 Å². The molecule has 4 aliphatic rings. The summed E-state index contributed by atoms with van der Waals surface area (Å²) in [7, 11) is 0. The lowest BCUT2D eigenvalue weighted by Crippen LogP contribution is -2.66. The fourth-order valence-electron chi connectivity index (χ4n) is 9.42. The van der Waals surface area contributed by atoms with E-state index in [0.29, 0.717) is 18.4 Å². The molecule has 4 N–H and O–H groups in total. The van der Waals surface area contributed by atoms with Crippen LogP contribution in [0.25, 0.3) is 0 Å². The molecule has 4 rings (SSSR count). The standard InChI is InChI=1S/C38H62O8/c1-9-10-11-12-13-14-15-16-17-18-29(39)46-37-21-25(5)36-20-24(4)31(40)38(36,44)32(41)27(22-45-34(43)26(6)23(2)3)19-28(33(36)42)30(37)35(37,7)8/h19-20,23,25-26,28,30-33,40-42,44H,9-18,21-22H2,1-8H3/t25-,26?,28+,30-,31+,32-,33?,36+,37+,38-/m1/s1. The molecule has 0 aromatic rings. The monoisotopic (exact) mass is 646 g/mol. The summed E-state index contributed by atoms with van der Waals surface area (Å²) in [6, 6.07) is 0. The van der Waals surface area contributed by atoms with Gasteiger partial charge in [-0.05, 0) is 42.7 Å². The van der Waals surface area contributed by atoms with Gasteiger partial charge >= 0.3 is 11.9 Å². The minimum absolute atomic E-state index is 0.0556. The number of aliphatic hydroxyl groups is 4. The minimum Gasteiger partial charge on any atom is -0.461 e. The lowest BCUT2D eigenvalue weighted by atomic mass is 9.58. The van der Waals surface area contributed by atoms with Crippen LogP contribution in [-0.2, 0) is 19.1 Å². The first kappa shape index (κ1) is 37.1. The van der Waals surface area contributed by atoms with Gasteiger partial charge < -0.3 is 29.9 Å². The average Bonchev–Trinajstić information content (AvgIpc) is 3.41. The molecule has 2 unspecified atom stereocenters. The summed E-state index contributed by atoms with van der Waals surface area (Å²) < 4.78 is 12.1. The predicted molar refractivity (Wildman–Crippen MR) is 177 cm³/mol. The second-order valence-electron chi connectivity index (χ2n) is 16.1. The summed E-state index contributed by atoms with van der Waals surface area (Å²) in [6.45, 7) is 15.3. The summed E-state index contributed by atoms with van der Waals surface area (Å²) in [4.78, 5) is 26.2. The Hall–Kier alpha value is -1.74. The number of rotatable bonds is 15. The molecule has 10 atom stereocenters. The van der Waals surface area contributed by atoms with Gasteiger partial charge in [0, 0.05) is 23.7 Å². The van der Waals surface area contributed by atoms with E-state index in [1.54, 1.807) is 26.0 Å². The Balaban J connectivity index is 1.58. The van der Waals surface area contributed by atoms with Crippen LogP contribution in [0.3, 0.4) is 0 Å². The molecule has 0 radical (unpaired) electrons. The number of carbonyl (C=O) groups is 2. The molecule has 2 fully saturated rings. The molecule has 0 heterocycles. The van der Waals surface area contributed by atoms with Crippen LogP contribution in [0.15, 0.2) is 23.3 Å². The lowest BCUT2D eigenvalue weighted by molar-refractivity contribution is -0.217. The Morgan fingerprint density at radius 1 is 0.957 bits per heavy atom. The van der Waals surface area contributed by atoms with Crippen LogP contribution in [0, 0.1) is 40.4 Å². The Bertz CT molecular complexity index is 1170. The van der Waals surface area contributed by atoms with Gasteiger partial charge in [-0.1, -0.05) is 112 Å². The van der Waals surface area contributed by atoms with Gasteiger partial charge in [-0.25, -0.2) is 0 Å². The molecule has 2 bridgehead atoms. The van der Waals surface area contributed by atoms with E-state index in [1.165, 1.54) is 38.5 Å². The maximum absolute atomic E-state index is 13.4. The van der Waals surface area contributed by atoms with Crippen molar-refractivity contribution in [2.75, 3.05) is 6.61 Å². The van der Waals surface area contributed by atoms with Crippen LogP contribution in [0.5, 0.6) is 0 Å². The minimum atomic E-state index is -2.17. The van der Waals surface area contributed by atoms with E-state index in [0.717, 1.165) is 19.3 Å². The molecule has 8 heteroatoms. The highest BCUT2D eigenvalue weighted by atomic mass is 16.6. The second-order valence-corrected chi connectivity index (χ2v) is 16.1. The van der Waals surface area contributed by atoms with Crippen molar-refractivity contribution in [2.45, 2.75) is 156 Å². The molecule has 0 aromatic carbocycles. The van der Waals surface area contributed by atoms with Gasteiger partial charge in [0.05, 0.1) is 17.4 Å². The van der Waals surface area contributed by atoms with Crippen LogP contribution >= 0.6 is 0 Å². The number of carbonyl (C=O) groups excluding carboxylic acids is 2. The third kappa shape index (κ3) is 6.03. The normalized spacial score (nSPS) is 38.1.